The van der Waals surface area contributed by atoms with Crippen molar-refractivity contribution in [3.8, 4) is 0 Å². The molecule has 0 aromatic rings. The molecule has 0 N–H and O–H groups in total. The van der Waals surface area contributed by atoms with Crippen molar-refractivity contribution in [3.63, 3.8) is 0 Å². The van der Waals surface area contributed by atoms with Crippen LogP contribution >= 0.6 is 0 Å². The summed E-state index contributed by atoms with van der Waals surface area (Å²) >= 11 is 0. The zero-order chi connectivity index (χ0) is 26.5. The van der Waals surface area contributed by atoms with Crippen LogP contribution < -0.4 is 0 Å². The maximum absolute atomic E-state index is 12.8. The van der Waals surface area contributed by atoms with Crippen molar-refractivity contribution in [1.82, 2.24) is 0 Å². The Kier molecular flexibility index (Phi) is 16.2. The van der Waals surface area contributed by atoms with Gasteiger partial charge >= 0.3 is 0 Å². The van der Waals surface area contributed by atoms with Gasteiger partial charge in [-0.1, -0.05) is 113 Å². The Morgan fingerprint density at radius 3 is 0.914 bits per heavy atom. The summed E-state index contributed by atoms with van der Waals surface area (Å²) in [5.41, 5.74) is 0. The highest BCUT2D eigenvalue weighted by Crippen LogP contribution is 2.33. The number of alkyl halides is 3. The van der Waals surface area contributed by atoms with Crippen LogP contribution in [0.15, 0.2) is 0 Å². The molecule has 5 unspecified atom stereocenters. The largest absolute Gasteiger partial charge is 0.247 e. The predicted octanol–water partition coefficient (Wildman–Crippen LogP) is 11.2. The molecule has 4 saturated carbocycles. The van der Waals surface area contributed by atoms with Crippen LogP contribution in [0.3, 0.4) is 0 Å². The minimum atomic E-state index is -0.918. The van der Waals surface area contributed by atoms with Crippen molar-refractivity contribution in [2.45, 2.75) is 157 Å². The fourth-order valence-corrected chi connectivity index (χ4v) is 5.84. The average Bonchev–Trinajstić information content (AvgIpc) is 2.80. The van der Waals surface area contributed by atoms with Gasteiger partial charge < -0.3 is 0 Å². The average molecular weight is 503 g/mol. The van der Waals surface area contributed by atoms with Crippen LogP contribution in [0, 0.1) is 47.3 Å². The predicted molar refractivity (Wildman–Crippen MR) is 148 cm³/mol. The number of hydrogen-bond acceptors (Lipinski definition) is 0. The molecule has 4 aliphatic rings. The molecule has 210 valence electrons. The molecule has 0 bridgehead atoms. The summed E-state index contributed by atoms with van der Waals surface area (Å²) in [5.74, 6) is 4.87. The van der Waals surface area contributed by atoms with Crippen LogP contribution in [-0.2, 0) is 0 Å². The van der Waals surface area contributed by atoms with Gasteiger partial charge in [-0.15, -0.1) is 0 Å². The lowest BCUT2D eigenvalue weighted by Gasteiger charge is -2.30. The molecule has 4 fully saturated rings. The molecule has 0 aliphatic heterocycles. The van der Waals surface area contributed by atoms with E-state index in [2.05, 4.69) is 34.6 Å². The van der Waals surface area contributed by atoms with Gasteiger partial charge in [0, 0.05) is 5.92 Å². The van der Waals surface area contributed by atoms with Gasteiger partial charge in [0.2, 0.25) is 0 Å². The van der Waals surface area contributed by atoms with Crippen LogP contribution in [0.25, 0.3) is 0 Å². The zero-order valence-corrected chi connectivity index (χ0v) is 24.7. The molecule has 3 heteroatoms. The van der Waals surface area contributed by atoms with Crippen molar-refractivity contribution in [2.24, 2.45) is 47.3 Å². The smallest absolute Gasteiger partial charge is 0.106 e. The fraction of sp³-hybridized carbons (Fsp3) is 1.00. The second-order valence-electron chi connectivity index (χ2n) is 13.6. The minimum Gasteiger partial charge on any atom is -0.247 e. The van der Waals surface area contributed by atoms with Gasteiger partial charge in [0.1, 0.15) is 18.5 Å². The second-order valence-corrected chi connectivity index (χ2v) is 13.6. The summed E-state index contributed by atoms with van der Waals surface area (Å²) in [6, 6.07) is 0. The first-order valence-corrected chi connectivity index (χ1v) is 15.3. The normalized spacial score (nSPS) is 43.8. The highest BCUT2D eigenvalue weighted by Gasteiger charge is 2.33. The highest BCUT2D eigenvalue weighted by atomic mass is 19.1. The summed E-state index contributed by atoms with van der Waals surface area (Å²) < 4.78 is 38.5. The van der Waals surface area contributed by atoms with Crippen LogP contribution in [0.2, 0.25) is 0 Å². The van der Waals surface area contributed by atoms with Crippen LogP contribution in [0.5, 0.6) is 0 Å². The SMILES string of the molecule is CC1CC(F)C(C)C(F)C1.CC1CCC(C)C(F)C1.CC1CCC(C)CC1.CC1CCC(C)CC1. The lowest BCUT2D eigenvalue weighted by atomic mass is 9.81. The van der Waals surface area contributed by atoms with Crippen molar-refractivity contribution < 1.29 is 13.2 Å². The Balaban J connectivity index is 0.000000234. The summed E-state index contributed by atoms with van der Waals surface area (Å²) in [4.78, 5) is 0. The second kappa shape index (κ2) is 17.3. The Labute approximate surface area is 218 Å². The van der Waals surface area contributed by atoms with Crippen molar-refractivity contribution in [2.75, 3.05) is 0 Å². The van der Waals surface area contributed by atoms with E-state index in [9.17, 15) is 13.2 Å². The first-order valence-electron chi connectivity index (χ1n) is 15.3. The maximum atomic E-state index is 12.8. The summed E-state index contributed by atoms with van der Waals surface area (Å²) in [6.45, 7) is 17.2. The third-order valence-electron chi connectivity index (χ3n) is 9.36. The van der Waals surface area contributed by atoms with Crippen molar-refractivity contribution >= 4 is 0 Å². The third-order valence-corrected chi connectivity index (χ3v) is 9.36. The van der Waals surface area contributed by atoms with Crippen LogP contribution in [0.4, 0.5) is 13.2 Å². The zero-order valence-electron chi connectivity index (χ0n) is 24.7. The summed E-state index contributed by atoms with van der Waals surface area (Å²) in [6.07, 6.45) is 13.6. The third kappa shape index (κ3) is 14.3. The molecule has 0 aromatic heterocycles. The van der Waals surface area contributed by atoms with Gasteiger partial charge in [0.15, 0.2) is 0 Å². The van der Waals surface area contributed by atoms with Gasteiger partial charge in [-0.05, 0) is 67.1 Å². The molecule has 0 radical (unpaired) electrons. The van der Waals surface area contributed by atoms with Crippen LogP contribution in [0.1, 0.15) is 139 Å². The van der Waals surface area contributed by atoms with Crippen molar-refractivity contribution in [1.29, 1.82) is 0 Å². The Hall–Kier alpha value is -0.210. The topological polar surface area (TPSA) is 0 Å². The summed E-state index contributed by atoms with van der Waals surface area (Å²) in [5, 5.41) is 0. The molecule has 35 heavy (non-hydrogen) atoms. The molecule has 0 heterocycles. The summed E-state index contributed by atoms with van der Waals surface area (Å²) in [7, 11) is 0. The number of halogens is 3. The van der Waals surface area contributed by atoms with Gasteiger partial charge in [-0.3, -0.25) is 0 Å². The van der Waals surface area contributed by atoms with Gasteiger partial charge in [-0.2, -0.15) is 0 Å². The maximum Gasteiger partial charge on any atom is 0.106 e. The van der Waals surface area contributed by atoms with E-state index in [0.29, 0.717) is 24.7 Å². The molecule has 0 nitrogen and oxygen atoms in total. The number of rotatable bonds is 0. The Morgan fingerprint density at radius 2 is 0.629 bits per heavy atom. The lowest BCUT2D eigenvalue weighted by Crippen LogP contribution is -2.32. The van der Waals surface area contributed by atoms with E-state index in [0.717, 1.165) is 36.5 Å². The van der Waals surface area contributed by atoms with E-state index in [1.165, 1.54) is 57.8 Å². The Morgan fingerprint density at radius 1 is 0.343 bits per heavy atom. The molecule has 5 atom stereocenters. The van der Waals surface area contributed by atoms with Crippen LogP contribution in [-0.4, -0.2) is 18.5 Å². The van der Waals surface area contributed by atoms with Gasteiger partial charge in [-0.25, -0.2) is 13.2 Å². The van der Waals surface area contributed by atoms with Gasteiger partial charge in [0.05, 0.1) is 0 Å². The lowest BCUT2D eigenvalue weighted by molar-refractivity contribution is 0.0603. The van der Waals surface area contributed by atoms with E-state index in [1.54, 1.807) is 6.92 Å². The van der Waals surface area contributed by atoms with E-state index in [1.807, 2.05) is 13.8 Å². The quantitative estimate of drug-likeness (QED) is 0.309. The first-order chi connectivity index (χ1) is 16.4. The fourth-order valence-electron chi connectivity index (χ4n) is 5.84. The minimum absolute atomic E-state index is 0.223. The van der Waals surface area contributed by atoms with E-state index in [-0.39, 0.29) is 11.8 Å². The van der Waals surface area contributed by atoms with E-state index in [4.69, 9.17) is 0 Å². The molecular formula is C32H61F3. The molecular weight excluding hydrogens is 441 g/mol. The molecule has 0 amide bonds. The molecule has 4 rings (SSSR count). The standard InChI is InChI=1S/C8H14F2.C8H15F.2C8H16/c1-5-3-7(9)6(2)8(10)4-5;1-6-3-4-7(2)8(9)5-6;2*1-7-3-5-8(2)6-4-7/h5-8H,3-4H2,1-2H3;6-8H,3-5H2,1-2H3;2*7-8H,3-6H2,1-2H3. The number of hydrogen-bond donors (Lipinski definition) is 0. The monoisotopic (exact) mass is 502 g/mol. The van der Waals surface area contributed by atoms with Crippen molar-refractivity contribution in [3.05, 3.63) is 0 Å². The van der Waals surface area contributed by atoms with E-state index < -0.39 is 18.5 Å². The van der Waals surface area contributed by atoms with Gasteiger partial charge in [0.25, 0.3) is 0 Å². The molecule has 4 aliphatic carbocycles. The molecule has 0 spiro atoms. The molecule has 0 saturated heterocycles. The van der Waals surface area contributed by atoms with E-state index >= 15 is 0 Å². The first kappa shape index (κ1) is 32.8. The highest BCUT2D eigenvalue weighted by molar-refractivity contribution is 4.82. The molecule has 0 aromatic carbocycles. The Bertz CT molecular complexity index is 455.